The predicted molar refractivity (Wildman–Crippen MR) is 316 cm³/mol. The Hall–Kier alpha value is -9.70. The lowest BCUT2D eigenvalue weighted by molar-refractivity contribution is -0.00750. The van der Waals surface area contributed by atoms with E-state index < -0.39 is 16.9 Å². The number of hydrogen-bond acceptors (Lipinski definition) is 3. The third-order valence-electron chi connectivity index (χ3n) is 26.8. The molecule has 0 aliphatic heterocycles. The fraction of sp³-hybridized carbons (Fsp3) is 0.0541. The van der Waals surface area contributed by atoms with E-state index in [1.165, 1.54) is 59.8 Å². The molecule has 3 nitrogen and oxygen atoms in total. The molecule has 1 heterocycles. The molecule has 0 saturated heterocycles. The summed E-state index contributed by atoms with van der Waals surface area (Å²) in [7, 11) is 0. The van der Waals surface area contributed by atoms with Gasteiger partial charge >= 0.3 is 5.97 Å². The van der Waals surface area contributed by atoms with Crippen LogP contribution in [0, 0.1) is 0 Å². The molecule has 0 saturated carbocycles. The second-order valence-corrected chi connectivity index (χ2v) is 27.3. The number of nitrogens with zero attached hydrogens (tertiary/aromatic N) is 1. The third kappa shape index (κ3) is 1.67. The van der Waals surface area contributed by atoms with Crippen LogP contribution in [0.3, 0.4) is 0 Å². The van der Waals surface area contributed by atoms with Crippen LogP contribution in [-0.4, -0.2) is 11.0 Å². The van der Waals surface area contributed by atoms with Crippen molar-refractivity contribution in [2.24, 2.45) is 0 Å². The number of carbonyl (C=O) groups excluding carboxylic acids is 1. The van der Waals surface area contributed by atoms with E-state index in [4.69, 9.17) is 9.72 Å². The lowest BCUT2D eigenvalue weighted by Crippen LogP contribution is -2.60. The van der Waals surface area contributed by atoms with Gasteiger partial charge in [-0.05, 0) is 343 Å². The van der Waals surface area contributed by atoms with Crippen molar-refractivity contribution in [1.82, 2.24) is 4.98 Å². The molecule has 2 spiro atoms. The predicted octanol–water partition coefficient (Wildman–Crippen LogP) is 18.8. The Balaban J connectivity index is 1.08. The molecule has 1 aromatic heterocycles. The van der Waals surface area contributed by atoms with E-state index in [0.717, 1.165) is 12.1 Å². The summed E-state index contributed by atoms with van der Waals surface area (Å²) >= 11 is 0. The molecule has 77 heavy (non-hydrogen) atoms. The summed E-state index contributed by atoms with van der Waals surface area (Å²) in [6.07, 6.45) is 2.14. The van der Waals surface area contributed by atoms with Gasteiger partial charge in [0, 0.05) is 11.6 Å². The standard InChI is InChI=1S/C74H11NO2/c76-72(10-5-2-1-3-6-10)77-71-70-11(7-4-8-75-70)9-73-66-58-50-40-30-22-14-12-13-16-20-18(14)26-34-28(20)38-32-24(16)25-17(13)21-19-15(12)23(22)31-37-27(19)35-29(21)39-33(25)43-42(32)54-48(38)56-46(34)52(44(50)36(26)30)60(66)62(56)68-64(54)65-55(43)49(39)57-47(35)53-45(37)51(41(31)40)59(58)67(73)61(53)63(57)69(65)74(68,71)73/h1-8,71H,9H2. The van der Waals surface area contributed by atoms with E-state index in [2.05, 4.69) is 12.1 Å². The Morgan fingerprint density at radius 2 is 0.584 bits per heavy atom. The lowest BCUT2D eigenvalue weighted by Gasteiger charge is -2.59. The van der Waals surface area contributed by atoms with Gasteiger partial charge in [0.15, 0.2) is 6.10 Å². The summed E-state index contributed by atoms with van der Waals surface area (Å²) < 4.78 is 7.81. The number of esters is 1. The fourth-order valence-electron chi connectivity index (χ4n) is 26.5. The first-order chi connectivity index (χ1) is 38.3. The Morgan fingerprint density at radius 1 is 0.325 bits per heavy atom. The van der Waals surface area contributed by atoms with E-state index in [1.54, 1.807) is 259 Å². The largest absolute Gasteiger partial charge is 0.451 e. The summed E-state index contributed by atoms with van der Waals surface area (Å²) in [5.74, 6) is -0.248. The van der Waals surface area contributed by atoms with E-state index in [1.807, 2.05) is 36.5 Å². The lowest BCUT2D eigenvalue weighted by atomic mass is 9.42. The minimum atomic E-state index is -0.801. The highest BCUT2D eigenvalue weighted by atomic mass is 16.5. The first kappa shape index (κ1) is 29.4. The number of pyridine rings is 1. The van der Waals surface area contributed by atoms with Crippen molar-refractivity contribution in [3.05, 3.63) is 87.7 Å². The first-order valence-electron chi connectivity index (χ1n) is 28.3. The third-order valence-corrected chi connectivity index (χ3v) is 26.8. The molecular weight excluding hydrogens is 935 g/mol. The second kappa shape index (κ2) is 6.91. The summed E-state index contributed by atoms with van der Waals surface area (Å²) in [6, 6.07) is 14.5. The van der Waals surface area contributed by atoms with Crippen molar-refractivity contribution in [2.45, 2.75) is 23.4 Å². The molecule has 5 aliphatic rings. The average Bonchev–Trinajstić information content (AvgIpc) is 1.71. The van der Waals surface area contributed by atoms with Crippen LogP contribution in [0.1, 0.15) is 50.0 Å². The molecule has 3 heteroatoms. The monoisotopic (exact) mass is 945 g/mol. The number of carbonyl (C=O) groups is 1. The molecule has 30 aromatic rings. The van der Waals surface area contributed by atoms with Crippen molar-refractivity contribution in [2.75, 3.05) is 0 Å². The van der Waals surface area contributed by atoms with E-state index in [-0.39, 0.29) is 5.97 Å². The zero-order valence-corrected chi connectivity index (χ0v) is 39.2. The van der Waals surface area contributed by atoms with Gasteiger partial charge in [0.05, 0.1) is 16.7 Å². The normalized spacial score (nSPS) is 22.3. The van der Waals surface area contributed by atoms with Crippen LogP contribution in [-0.2, 0) is 22.0 Å². The van der Waals surface area contributed by atoms with Crippen LogP contribution in [0.25, 0.3) is 291 Å². The van der Waals surface area contributed by atoms with Crippen LogP contribution in [0.2, 0.25) is 0 Å². The molecule has 1 atom stereocenters. The highest BCUT2D eigenvalue weighted by Crippen LogP contribution is 2.86. The molecular formula is C74H11NO2. The Morgan fingerprint density at radius 3 is 0.870 bits per heavy atom. The number of hydrogen-bond donors (Lipinski definition) is 0. The first-order valence-corrected chi connectivity index (χ1v) is 28.3. The smallest absolute Gasteiger partial charge is 0.338 e. The van der Waals surface area contributed by atoms with Gasteiger partial charge in [-0.2, -0.15) is 0 Å². The fourth-order valence-corrected chi connectivity index (χ4v) is 26.5. The molecule has 324 valence electrons. The van der Waals surface area contributed by atoms with Crippen LogP contribution >= 0.6 is 0 Å². The maximum Gasteiger partial charge on any atom is 0.338 e. The van der Waals surface area contributed by atoms with Crippen molar-refractivity contribution >= 4 is 297 Å². The van der Waals surface area contributed by atoms with Gasteiger partial charge in [-0.3, -0.25) is 4.98 Å². The quantitative estimate of drug-likeness (QED) is 0.128. The van der Waals surface area contributed by atoms with Gasteiger partial charge < -0.3 is 4.74 Å². The number of ether oxygens (including phenoxy) is 1. The molecule has 1 unspecified atom stereocenters. The van der Waals surface area contributed by atoms with E-state index in [0.29, 0.717) is 5.56 Å². The molecule has 0 amide bonds. The molecule has 0 bridgehead atoms. The minimum Gasteiger partial charge on any atom is -0.451 e. The SMILES string of the molecule is O=C(OC1c2ncccc2CC23c4c5c6c7c8c9c(c%10c%11c2c2c4c4c%12c5c5c6c6c8c8c%13c9c9c%10c%10c%11c%11c2c2c4c4c%12c%12c5c5c6c8c6c8c%13c9c9c%10c%10c%11c2c2c4c4c%12c5c6c5c8c9c%10c2c45)C713)c1ccccc1. The van der Waals surface area contributed by atoms with Gasteiger partial charge in [0.25, 0.3) is 0 Å². The van der Waals surface area contributed by atoms with Crippen molar-refractivity contribution in [3.63, 3.8) is 0 Å². The summed E-state index contributed by atoms with van der Waals surface area (Å²) in [4.78, 5) is 21.3. The number of aromatic nitrogens is 1. The van der Waals surface area contributed by atoms with Crippen LogP contribution < -0.4 is 0 Å². The number of benzene rings is 19. The van der Waals surface area contributed by atoms with Gasteiger partial charge in [0.2, 0.25) is 0 Å². The van der Waals surface area contributed by atoms with E-state index >= 15 is 4.79 Å². The minimum absolute atomic E-state index is 0.248. The average molecular weight is 946 g/mol. The van der Waals surface area contributed by atoms with E-state index in [9.17, 15) is 0 Å². The molecule has 0 N–H and O–H groups in total. The molecule has 0 radical (unpaired) electrons. The van der Waals surface area contributed by atoms with Crippen molar-refractivity contribution in [1.29, 1.82) is 0 Å². The highest BCUT2D eigenvalue weighted by molar-refractivity contribution is 6.82. The molecule has 35 rings (SSSR count). The summed E-state index contributed by atoms with van der Waals surface area (Å²) in [6.45, 7) is 0. The van der Waals surface area contributed by atoms with Crippen LogP contribution in [0.5, 0.6) is 0 Å². The van der Waals surface area contributed by atoms with Crippen molar-refractivity contribution < 1.29 is 9.53 Å². The zero-order valence-electron chi connectivity index (χ0n) is 39.2. The van der Waals surface area contributed by atoms with Gasteiger partial charge in [-0.25, -0.2) is 4.79 Å². The summed E-state index contributed by atoms with van der Waals surface area (Å²) in [5, 5.41) is 85.1. The van der Waals surface area contributed by atoms with Gasteiger partial charge in [0.1, 0.15) is 0 Å². The van der Waals surface area contributed by atoms with Gasteiger partial charge in [-0.15, -0.1) is 0 Å². The number of fused-ring (bicyclic) bond motifs is 1. The Bertz CT molecular complexity index is 7690. The topological polar surface area (TPSA) is 39.2 Å². The second-order valence-electron chi connectivity index (χ2n) is 27.3. The Kier molecular flexibility index (Phi) is 2.64. The zero-order chi connectivity index (χ0) is 46.2. The molecule has 0 fully saturated rings. The van der Waals surface area contributed by atoms with Crippen LogP contribution in [0.15, 0.2) is 48.7 Å². The maximum absolute atomic E-state index is 15.8. The molecule has 5 aliphatic carbocycles. The maximum atomic E-state index is 15.8. The highest BCUT2D eigenvalue weighted by Gasteiger charge is 2.75. The van der Waals surface area contributed by atoms with Crippen LogP contribution in [0.4, 0.5) is 0 Å². The summed E-state index contributed by atoms with van der Waals surface area (Å²) in [5.41, 5.74) is 7.57. The molecule has 29 aromatic carbocycles. The van der Waals surface area contributed by atoms with Gasteiger partial charge in [-0.1, -0.05) is 24.3 Å². The van der Waals surface area contributed by atoms with Crippen molar-refractivity contribution in [3.8, 4) is 0 Å². The Labute approximate surface area is 420 Å². The number of rotatable bonds is 2.